The maximum Gasteiger partial charge on any atom is 0.298 e. The number of carbonyl (C=O) groups excluding carboxylic acids is 1. The Morgan fingerprint density at radius 2 is 1.90 bits per heavy atom. The number of rotatable bonds is 2. The van der Waals surface area contributed by atoms with E-state index >= 15 is 0 Å². The number of ether oxygens (including phenoxy) is 1. The summed E-state index contributed by atoms with van der Waals surface area (Å²) in [6.45, 7) is 0.299. The Morgan fingerprint density at radius 1 is 1.30 bits per heavy atom. The van der Waals surface area contributed by atoms with Crippen molar-refractivity contribution in [3.05, 3.63) is 30.1 Å². The van der Waals surface area contributed by atoms with Gasteiger partial charge < -0.3 is 4.74 Å². The summed E-state index contributed by atoms with van der Waals surface area (Å²) in [5.41, 5.74) is 0. The third kappa shape index (κ3) is 1.55. The third-order valence-electron chi connectivity index (χ3n) is 0.998. The maximum absolute atomic E-state index is 12.2. The zero-order valence-electron chi connectivity index (χ0n) is 5.08. The smallest absolute Gasteiger partial charge is 0.298 e. The minimum atomic E-state index is -0.349. The third-order valence-corrected chi connectivity index (χ3v) is 0.998. The van der Waals surface area contributed by atoms with Gasteiger partial charge in [-0.05, 0) is 24.3 Å². The lowest BCUT2D eigenvalue weighted by atomic mass is 10.3. The van der Waals surface area contributed by atoms with E-state index in [0.717, 1.165) is 0 Å². The standard InChI is InChI=1S/C7H5FO2/c8-6-1-3-7(4-2-6)10-5-9/h1-5H. The molecule has 0 fully saturated rings. The Kier molecular flexibility index (Phi) is 1.99. The fourth-order valence-electron chi connectivity index (χ4n) is 0.569. The van der Waals surface area contributed by atoms with E-state index in [1.165, 1.54) is 24.3 Å². The van der Waals surface area contributed by atoms with Crippen molar-refractivity contribution >= 4 is 6.47 Å². The van der Waals surface area contributed by atoms with Crippen LogP contribution in [0.1, 0.15) is 0 Å². The number of halogens is 1. The molecule has 0 atom stereocenters. The van der Waals surface area contributed by atoms with Gasteiger partial charge in [0.2, 0.25) is 0 Å². The Bertz CT molecular complexity index is 218. The quantitative estimate of drug-likeness (QED) is 0.580. The number of hydrogen-bond donors (Lipinski definition) is 0. The van der Waals surface area contributed by atoms with Gasteiger partial charge in [-0.15, -0.1) is 0 Å². The van der Waals surface area contributed by atoms with Crippen LogP contribution in [0, 0.1) is 5.82 Å². The summed E-state index contributed by atoms with van der Waals surface area (Å²) in [7, 11) is 0. The molecule has 0 radical (unpaired) electrons. The Balaban J connectivity index is 2.78. The molecule has 3 heteroatoms. The van der Waals surface area contributed by atoms with E-state index in [0.29, 0.717) is 12.2 Å². The molecule has 0 saturated carbocycles. The minimum Gasteiger partial charge on any atom is -0.429 e. The molecule has 0 spiro atoms. The fourth-order valence-corrected chi connectivity index (χ4v) is 0.569. The maximum atomic E-state index is 12.2. The summed E-state index contributed by atoms with van der Waals surface area (Å²) in [6.07, 6.45) is 0. The van der Waals surface area contributed by atoms with Gasteiger partial charge >= 0.3 is 0 Å². The van der Waals surface area contributed by atoms with Gasteiger partial charge in [0.15, 0.2) is 0 Å². The molecule has 0 aromatic heterocycles. The van der Waals surface area contributed by atoms with Crippen molar-refractivity contribution < 1.29 is 13.9 Å². The highest BCUT2D eigenvalue weighted by atomic mass is 19.1. The Labute approximate surface area is 57.2 Å². The normalized spacial score (nSPS) is 8.90. The van der Waals surface area contributed by atoms with Gasteiger partial charge in [-0.1, -0.05) is 0 Å². The molecular weight excluding hydrogens is 135 g/mol. The van der Waals surface area contributed by atoms with Gasteiger partial charge in [-0.25, -0.2) is 4.39 Å². The van der Waals surface area contributed by atoms with Crippen LogP contribution in [0.25, 0.3) is 0 Å². The van der Waals surface area contributed by atoms with Crippen LogP contribution in [-0.4, -0.2) is 6.47 Å². The van der Waals surface area contributed by atoms with E-state index in [1.54, 1.807) is 0 Å². The molecule has 0 aliphatic rings. The molecule has 0 aliphatic carbocycles. The molecule has 2 nitrogen and oxygen atoms in total. The highest BCUT2D eigenvalue weighted by molar-refractivity contribution is 5.44. The predicted molar refractivity (Wildman–Crippen MR) is 33.1 cm³/mol. The van der Waals surface area contributed by atoms with Crippen molar-refractivity contribution in [3.8, 4) is 5.75 Å². The molecule has 0 bridgehead atoms. The van der Waals surface area contributed by atoms with Gasteiger partial charge in [0, 0.05) is 0 Å². The molecule has 10 heavy (non-hydrogen) atoms. The average molecular weight is 140 g/mol. The summed E-state index contributed by atoms with van der Waals surface area (Å²) in [5, 5.41) is 0. The minimum absolute atomic E-state index is 0.299. The van der Waals surface area contributed by atoms with Crippen LogP contribution in [0.5, 0.6) is 5.75 Å². The first-order valence-corrected chi connectivity index (χ1v) is 2.69. The summed E-state index contributed by atoms with van der Waals surface area (Å²) >= 11 is 0. The molecule has 0 unspecified atom stereocenters. The van der Waals surface area contributed by atoms with Crippen molar-refractivity contribution in [1.29, 1.82) is 0 Å². The molecule has 0 heterocycles. The molecule has 0 N–H and O–H groups in total. The Morgan fingerprint density at radius 3 is 2.40 bits per heavy atom. The topological polar surface area (TPSA) is 26.3 Å². The van der Waals surface area contributed by atoms with Crippen molar-refractivity contribution in [2.75, 3.05) is 0 Å². The zero-order valence-corrected chi connectivity index (χ0v) is 5.08. The molecule has 1 aromatic rings. The van der Waals surface area contributed by atoms with Gasteiger partial charge in [0.1, 0.15) is 11.6 Å². The van der Waals surface area contributed by atoms with E-state index < -0.39 is 0 Å². The van der Waals surface area contributed by atoms with E-state index in [4.69, 9.17) is 0 Å². The van der Waals surface area contributed by atoms with Crippen molar-refractivity contribution in [3.63, 3.8) is 0 Å². The molecule has 52 valence electrons. The second-order valence-electron chi connectivity index (χ2n) is 1.67. The van der Waals surface area contributed by atoms with Crippen molar-refractivity contribution in [2.45, 2.75) is 0 Å². The van der Waals surface area contributed by atoms with E-state index in [2.05, 4.69) is 4.74 Å². The molecule has 0 amide bonds. The summed E-state index contributed by atoms with van der Waals surface area (Å²) in [5.74, 6) is -0.00495. The summed E-state index contributed by atoms with van der Waals surface area (Å²) < 4.78 is 16.6. The van der Waals surface area contributed by atoms with E-state index in [9.17, 15) is 9.18 Å². The van der Waals surface area contributed by atoms with Crippen molar-refractivity contribution in [1.82, 2.24) is 0 Å². The first-order chi connectivity index (χ1) is 4.83. The second kappa shape index (κ2) is 2.96. The van der Waals surface area contributed by atoms with E-state index in [-0.39, 0.29) is 5.82 Å². The van der Waals surface area contributed by atoms with Gasteiger partial charge in [0.25, 0.3) is 6.47 Å². The largest absolute Gasteiger partial charge is 0.429 e. The molecule has 0 aliphatic heterocycles. The first-order valence-electron chi connectivity index (χ1n) is 2.69. The van der Waals surface area contributed by atoms with Crippen LogP contribution in [-0.2, 0) is 4.79 Å². The van der Waals surface area contributed by atoms with Crippen molar-refractivity contribution in [2.24, 2.45) is 0 Å². The number of carbonyl (C=O) groups is 1. The molecule has 1 rings (SSSR count). The van der Waals surface area contributed by atoms with Gasteiger partial charge in [0.05, 0.1) is 0 Å². The van der Waals surface area contributed by atoms with Gasteiger partial charge in [-0.3, -0.25) is 4.79 Å². The SMILES string of the molecule is O=COc1ccc(F)cc1. The monoisotopic (exact) mass is 140 g/mol. The highest BCUT2D eigenvalue weighted by Gasteiger charge is 1.90. The predicted octanol–water partition coefficient (Wildman–Crippen LogP) is 1.36. The fraction of sp³-hybridized carbons (Fsp3) is 0. The highest BCUT2D eigenvalue weighted by Crippen LogP contribution is 2.09. The lowest BCUT2D eigenvalue weighted by Gasteiger charge is -1.93. The van der Waals surface area contributed by atoms with Gasteiger partial charge in [-0.2, -0.15) is 0 Å². The lowest BCUT2D eigenvalue weighted by molar-refractivity contribution is -0.120. The van der Waals surface area contributed by atoms with Crippen LogP contribution in [0.2, 0.25) is 0 Å². The Hall–Kier alpha value is -1.38. The summed E-state index contributed by atoms with van der Waals surface area (Å²) in [6, 6.07) is 5.20. The van der Waals surface area contributed by atoms with Crippen LogP contribution in [0.15, 0.2) is 24.3 Å². The van der Waals surface area contributed by atoms with Crippen LogP contribution < -0.4 is 4.74 Å². The summed E-state index contributed by atoms with van der Waals surface area (Å²) in [4.78, 5) is 9.74. The lowest BCUT2D eigenvalue weighted by Crippen LogP contribution is -1.87. The van der Waals surface area contributed by atoms with E-state index in [1.807, 2.05) is 0 Å². The van der Waals surface area contributed by atoms with Crippen LogP contribution >= 0.6 is 0 Å². The zero-order chi connectivity index (χ0) is 7.40. The number of hydrogen-bond acceptors (Lipinski definition) is 2. The average Bonchev–Trinajstić information content (AvgIpc) is 1.95. The molecular formula is C7H5FO2. The first kappa shape index (κ1) is 6.74. The van der Waals surface area contributed by atoms with Crippen LogP contribution in [0.3, 0.4) is 0 Å². The molecule has 0 saturated heterocycles. The second-order valence-corrected chi connectivity index (χ2v) is 1.67. The number of benzene rings is 1. The van der Waals surface area contributed by atoms with Crippen LogP contribution in [0.4, 0.5) is 4.39 Å². The molecule has 1 aromatic carbocycles.